The van der Waals surface area contributed by atoms with Gasteiger partial charge in [0.2, 0.25) is 17.7 Å². The first kappa shape index (κ1) is 73.6. The number of nitrogens with zero attached hydrogens (tertiary/aromatic N) is 3. The standard InChI is InChI=1S/3C19H34N2O4.CH3FS/c3*1-9-10-19(13-22)12-21(15(24)25-17(5,6)7)11-18(19,8)14(23)20-16(2,3)4;1-3-2/h3*9,22H,1,10-13H2,2-8H3,(H,20,23);1H3. The number of rotatable bonds is 12. The Kier molecular flexibility index (Phi) is 25.8. The molecule has 0 radical (unpaired) electrons. The molecule has 3 aliphatic rings. The molecule has 6 amide bonds. The van der Waals surface area contributed by atoms with E-state index in [1.807, 2.05) is 62.3 Å². The molecule has 0 aromatic rings. The number of nitrogens with one attached hydrogen (secondary N) is 3. The zero-order chi connectivity index (χ0) is 61.8. The number of carbonyl (C=O) groups is 6. The lowest BCUT2D eigenvalue weighted by Crippen LogP contribution is -2.55. The number of halogens is 1. The molecule has 0 aliphatic carbocycles. The van der Waals surface area contributed by atoms with E-state index in [-0.39, 0.29) is 89.0 Å². The number of ether oxygens (including phenoxy) is 3. The average molecular weight is 1130 g/mol. The van der Waals surface area contributed by atoms with Crippen molar-refractivity contribution in [1.29, 1.82) is 0 Å². The molecule has 0 aromatic carbocycles. The van der Waals surface area contributed by atoms with Crippen molar-refractivity contribution in [2.24, 2.45) is 32.5 Å². The zero-order valence-electron chi connectivity index (χ0n) is 52.0. The van der Waals surface area contributed by atoms with Gasteiger partial charge in [-0.15, -0.1) is 19.7 Å². The van der Waals surface area contributed by atoms with Crippen molar-refractivity contribution in [2.45, 2.75) is 198 Å². The third-order valence-electron chi connectivity index (χ3n) is 14.0. The van der Waals surface area contributed by atoms with Gasteiger partial charge in [0.1, 0.15) is 16.8 Å². The molecule has 3 fully saturated rings. The molecular weight excluding hydrogens is 1020 g/mol. The summed E-state index contributed by atoms with van der Waals surface area (Å²) in [5, 5.41) is 39.4. The highest BCUT2D eigenvalue weighted by atomic mass is 32.2. The van der Waals surface area contributed by atoms with Crippen molar-refractivity contribution in [3.63, 3.8) is 0 Å². The maximum absolute atomic E-state index is 13.1. The van der Waals surface area contributed by atoms with Crippen LogP contribution in [0.5, 0.6) is 0 Å². The van der Waals surface area contributed by atoms with Crippen LogP contribution in [0.1, 0.15) is 165 Å². The largest absolute Gasteiger partial charge is 0.444 e. The normalized spacial score (nSPS) is 26.3. The van der Waals surface area contributed by atoms with Crippen LogP contribution in [0.25, 0.3) is 0 Å². The minimum atomic E-state index is -0.944. The Labute approximate surface area is 473 Å². The summed E-state index contributed by atoms with van der Waals surface area (Å²) in [6.45, 7) is 50.8. The van der Waals surface area contributed by atoms with Crippen LogP contribution < -0.4 is 16.0 Å². The average Bonchev–Trinajstić information content (AvgIpc) is 3.85. The van der Waals surface area contributed by atoms with Crippen molar-refractivity contribution in [1.82, 2.24) is 30.7 Å². The summed E-state index contributed by atoms with van der Waals surface area (Å²) in [5.41, 5.74) is -8.29. The van der Waals surface area contributed by atoms with Crippen molar-refractivity contribution in [3.8, 4) is 0 Å². The van der Waals surface area contributed by atoms with Gasteiger partial charge in [-0.1, -0.05) is 18.2 Å². The predicted molar refractivity (Wildman–Crippen MR) is 309 cm³/mol. The first-order valence-corrected chi connectivity index (χ1v) is 27.8. The third kappa shape index (κ3) is 20.0. The maximum atomic E-state index is 13.1. The van der Waals surface area contributed by atoms with Crippen LogP contribution in [0.2, 0.25) is 0 Å². The number of aliphatic hydroxyl groups excluding tert-OH is 3. The van der Waals surface area contributed by atoms with E-state index in [0.717, 1.165) is 0 Å². The Morgan fingerprint density at radius 1 is 0.462 bits per heavy atom. The summed E-state index contributed by atoms with van der Waals surface area (Å²) in [6.07, 6.45) is 6.32. The van der Waals surface area contributed by atoms with Gasteiger partial charge in [-0.2, -0.15) is 3.89 Å². The number of likely N-dealkylation sites (tertiary alicyclic amines) is 3. The second-order valence-corrected chi connectivity index (χ2v) is 28.4. The van der Waals surface area contributed by atoms with E-state index in [1.54, 1.807) is 101 Å². The lowest BCUT2D eigenvalue weighted by Gasteiger charge is -2.40. The van der Waals surface area contributed by atoms with Gasteiger partial charge >= 0.3 is 18.3 Å². The minimum absolute atomic E-state index is 0.179. The van der Waals surface area contributed by atoms with Crippen LogP contribution in [0, 0.1) is 32.5 Å². The predicted octanol–water partition coefficient (Wildman–Crippen LogP) is 9.37. The van der Waals surface area contributed by atoms with Gasteiger partial charge in [-0.25, -0.2) is 14.4 Å². The van der Waals surface area contributed by atoms with Crippen molar-refractivity contribution < 1.29 is 62.2 Å². The van der Waals surface area contributed by atoms with Crippen LogP contribution in [0.3, 0.4) is 0 Å². The fraction of sp³-hybridized carbons (Fsp3) is 0.793. The molecule has 452 valence electrons. The molecule has 18 nitrogen and oxygen atoms in total. The highest BCUT2D eigenvalue weighted by Crippen LogP contribution is 2.52. The molecule has 6 atom stereocenters. The van der Waals surface area contributed by atoms with Crippen LogP contribution in [-0.2, 0) is 28.6 Å². The number of hydrogen-bond donors (Lipinski definition) is 6. The molecule has 3 heterocycles. The van der Waals surface area contributed by atoms with E-state index in [0.29, 0.717) is 19.3 Å². The summed E-state index contributed by atoms with van der Waals surface area (Å²) in [7, 11) is 0. The van der Waals surface area contributed by atoms with Gasteiger partial charge in [-0.05, 0) is 165 Å². The van der Waals surface area contributed by atoms with Crippen molar-refractivity contribution >= 4 is 48.1 Å². The molecule has 6 unspecified atom stereocenters. The van der Waals surface area contributed by atoms with Crippen LogP contribution >= 0.6 is 12.1 Å². The molecule has 6 N–H and O–H groups in total. The molecular formula is C58H105FN6O12S. The molecule has 3 saturated heterocycles. The lowest BCUT2D eigenvalue weighted by atomic mass is 9.64. The van der Waals surface area contributed by atoms with E-state index in [1.165, 1.54) is 21.0 Å². The summed E-state index contributed by atoms with van der Waals surface area (Å²) in [4.78, 5) is 81.3. The Morgan fingerprint density at radius 2 is 0.641 bits per heavy atom. The van der Waals surface area contributed by atoms with E-state index >= 15 is 0 Å². The van der Waals surface area contributed by atoms with Crippen LogP contribution in [0.4, 0.5) is 18.3 Å². The molecule has 0 aromatic heterocycles. The Morgan fingerprint density at radius 3 is 0.769 bits per heavy atom. The molecule has 3 aliphatic heterocycles. The highest BCUT2D eigenvalue weighted by Gasteiger charge is 2.63. The zero-order valence-corrected chi connectivity index (χ0v) is 52.8. The summed E-state index contributed by atoms with van der Waals surface area (Å²) < 4.78 is 26.6. The molecule has 0 spiro atoms. The molecule has 20 heteroatoms. The first-order chi connectivity index (χ1) is 35.0. The van der Waals surface area contributed by atoms with Crippen molar-refractivity contribution in [3.05, 3.63) is 38.0 Å². The molecule has 0 saturated carbocycles. The van der Waals surface area contributed by atoms with Gasteiger partial charge in [0.25, 0.3) is 0 Å². The number of hydrogen-bond acceptors (Lipinski definition) is 13. The molecule has 3 rings (SSSR count). The smallest absolute Gasteiger partial charge is 0.410 e. The third-order valence-corrected chi connectivity index (χ3v) is 14.0. The number of carbonyl (C=O) groups excluding carboxylic acids is 6. The van der Waals surface area contributed by atoms with Crippen LogP contribution in [-0.4, -0.2) is 165 Å². The summed E-state index contributed by atoms with van der Waals surface area (Å²) >= 11 is 0.250. The van der Waals surface area contributed by atoms with Crippen molar-refractivity contribution in [2.75, 3.05) is 65.3 Å². The Hall–Kier alpha value is -4.40. The second-order valence-electron chi connectivity index (χ2n) is 28.1. The fourth-order valence-electron chi connectivity index (χ4n) is 9.74. The number of aliphatic hydroxyl groups is 3. The van der Waals surface area contributed by atoms with Gasteiger partial charge in [0.15, 0.2) is 0 Å². The van der Waals surface area contributed by atoms with E-state index in [4.69, 9.17) is 14.2 Å². The summed E-state index contributed by atoms with van der Waals surface area (Å²) in [5.74, 6) is -0.536. The fourth-order valence-corrected chi connectivity index (χ4v) is 9.74. The lowest BCUT2D eigenvalue weighted by molar-refractivity contribution is -0.139. The van der Waals surface area contributed by atoms with Gasteiger partial charge < -0.3 is 60.2 Å². The molecule has 0 bridgehead atoms. The first-order valence-electron chi connectivity index (χ1n) is 26.7. The Balaban J connectivity index is 0.00000111. The van der Waals surface area contributed by atoms with Gasteiger partial charge in [0, 0.05) is 90.5 Å². The SMILES string of the molecule is C=CCC1(CO)CN(C(=O)OC(C)(C)C)CC1(C)C(=O)NC(C)(C)C.C=CCC1(CO)CN(C(=O)OC(C)(C)C)CC1(C)C(=O)NC(C)(C)C.C=CCC1(CO)CN(C(=O)OC(C)(C)C)CC1(C)C(=O)NC(C)(C)C.CSF. The van der Waals surface area contributed by atoms with E-state index in [2.05, 4.69) is 35.7 Å². The molecule has 78 heavy (non-hydrogen) atoms. The quantitative estimate of drug-likeness (QED) is 0.0790. The van der Waals surface area contributed by atoms with E-state index in [9.17, 15) is 48.0 Å². The topological polar surface area (TPSA) is 237 Å². The van der Waals surface area contributed by atoms with Gasteiger partial charge in [-0.3, -0.25) is 14.4 Å². The number of allylic oxidation sites excluding steroid dienone is 3. The maximum Gasteiger partial charge on any atom is 0.410 e. The minimum Gasteiger partial charge on any atom is -0.444 e. The van der Waals surface area contributed by atoms with E-state index < -0.39 is 84.2 Å². The Bertz CT molecular complexity index is 1860. The van der Waals surface area contributed by atoms with Crippen LogP contribution in [0.15, 0.2) is 38.0 Å². The monoisotopic (exact) mass is 1130 g/mol. The summed E-state index contributed by atoms with van der Waals surface area (Å²) in [6, 6.07) is 0. The second kappa shape index (κ2) is 27.4. The highest BCUT2D eigenvalue weighted by molar-refractivity contribution is 7.93. The van der Waals surface area contributed by atoms with Gasteiger partial charge in [0.05, 0.1) is 36.1 Å². The number of amides is 6.